The number of methoxy groups -OCH3 is 1. The van der Waals surface area contributed by atoms with Crippen LogP contribution in [0.15, 0.2) is 35.4 Å². The molecule has 0 amide bonds. The summed E-state index contributed by atoms with van der Waals surface area (Å²) in [6, 6.07) is 5.54. The highest BCUT2D eigenvalue weighted by molar-refractivity contribution is 5.76. The van der Waals surface area contributed by atoms with Crippen molar-refractivity contribution in [3.63, 3.8) is 0 Å². The summed E-state index contributed by atoms with van der Waals surface area (Å²) in [5.41, 5.74) is 3.27. The second kappa shape index (κ2) is 6.04. The third-order valence-electron chi connectivity index (χ3n) is 3.85. The van der Waals surface area contributed by atoms with Gasteiger partial charge in [0.1, 0.15) is 0 Å². The average Bonchev–Trinajstić information content (AvgIpc) is 2.90. The number of esters is 1. The van der Waals surface area contributed by atoms with Gasteiger partial charge in [0.25, 0.3) is 5.56 Å². The SMILES string of the molecule is COC(=O)C[C@H](c1ccc2nccnc2c1)c1c(C)[nH][nH]c1=O. The van der Waals surface area contributed by atoms with Crippen LogP contribution in [0.4, 0.5) is 0 Å². The van der Waals surface area contributed by atoms with Gasteiger partial charge in [-0.05, 0) is 24.6 Å². The Balaban J connectivity index is 2.13. The van der Waals surface area contributed by atoms with E-state index in [-0.39, 0.29) is 17.9 Å². The summed E-state index contributed by atoms with van der Waals surface area (Å²) in [7, 11) is 1.33. The monoisotopic (exact) mass is 312 g/mol. The maximum atomic E-state index is 12.1. The number of ether oxygens (including phenoxy) is 1. The van der Waals surface area contributed by atoms with Crippen LogP contribution in [0.25, 0.3) is 11.0 Å². The number of carbonyl (C=O) groups excluding carboxylic acids is 1. The van der Waals surface area contributed by atoms with Crippen LogP contribution >= 0.6 is 0 Å². The molecule has 0 aliphatic carbocycles. The Hall–Kier alpha value is -2.96. The van der Waals surface area contributed by atoms with Gasteiger partial charge in [0.2, 0.25) is 0 Å². The lowest BCUT2D eigenvalue weighted by Crippen LogP contribution is -2.17. The van der Waals surface area contributed by atoms with Gasteiger partial charge in [0.15, 0.2) is 0 Å². The fourth-order valence-electron chi connectivity index (χ4n) is 2.71. The Bertz CT molecular complexity index is 913. The Labute approximate surface area is 131 Å². The summed E-state index contributed by atoms with van der Waals surface area (Å²) in [5, 5.41) is 5.35. The van der Waals surface area contributed by atoms with Gasteiger partial charge in [0, 0.05) is 29.6 Å². The minimum atomic E-state index is -0.413. The maximum Gasteiger partial charge on any atom is 0.306 e. The van der Waals surface area contributed by atoms with Gasteiger partial charge in [-0.15, -0.1) is 0 Å². The van der Waals surface area contributed by atoms with Crippen molar-refractivity contribution >= 4 is 17.0 Å². The van der Waals surface area contributed by atoms with Crippen LogP contribution in [0.3, 0.4) is 0 Å². The maximum absolute atomic E-state index is 12.1. The molecule has 0 radical (unpaired) electrons. The third kappa shape index (κ3) is 2.85. The van der Waals surface area contributed by atoms with Gasteiger partial charge < -0.3 is 9.84 Å². The van der Waals surface area contributed by atoms with Gasteiger partial charge in [-0.25, -0.2) is 0 Å². The van der Waals surface area contributed by atoms with Crippen molar-refractivity contribution in [2.75, 3.05) is 7.11 Å². The molecule has 0 aliphatic rings. The minimum absolute atomic E-state index is 0.0735. The molecule has 2 N–H and O–H groups in total. The highest BCUT2D eigenvalue weighted by Crippen LogP contribution is 2.29. The summed E-state index contributed by atoms with van der Waals surface area (Å²) in [6.45, 7) is 1.79. The molecule has 7 nitrogen and oxygen atoms in total. The number of nitrogens with zero attached hydrogens (tertiary/aromatic N) is 2. The van der Waals surface area contributed by atoms with Crippen LogP contribution in [-0.4, -0.2) is 33.2 Å². The number of benzene rings is 1. The van der Waals surface area contributed by atoms with E-state index in [9.17, 15) is 9.59 Å². The number of aromatic amines is 2. The zero-order valence-electron chi connectivity index (χ0n) is 12.8. The largest absolute Gasteiger partial charge is 0.469 e. The zero-order valence-corrected chi connectivity index (χ0v) is 12.8. The van der Waals surface area contributed by atoms with Crippen molar-refractivity contribution in [2.45, 2.75) is 19.3 Å². The standard InChI is InChI=1S/C16H16N4O3/c1-9-15(16(22)20-19-9)11(8-14(21)23-2)10-3-4-12-13(7-10)18-6-5-17-12/h3-7,11H,8H2,1-2H3,(H2,19,20,22)/t11-/m1/s1. The number of nitrogens with one attached hydrogen (secondary N) is 2. The number of fused-ring (bicyclic) bond motifs is 1. The van der Waals surface area contributed by atoms with E-state index in [1.165, 1.54) is 7.11 Å². The van der Waals surface area contributed by atoms with Gasteiger partial charge in [-0.1, -0.05) is 6.07 Å². The van der Waals surface area contributed by atoms with E-state index in [0.717, 1.165) is 11.1 Å². The van der Waals surface area contributed by atoms with Crippen LogP contribution in [0.2, 0.25) is 0 Å². The van der Waals surface area contributed by atoms with E-state index >= 15 is 0 Å². The number of aromatic nitrogens is 4. The Morgan fingerprint density at radius 3 is 2.61 bits per heavy atom. The number of carbonyl (C=O) groups is 1. The van der Waals surface area contributed by atoms with Crippen molar-refractivity contribution in [3.05, 3.63) is 57.8 Å². The summed E-state index contributed by atoms with van der Waals surface area (Å²) in [5.74, 6) is -0.793. The Morgan fingerprint density at radius 2 is 1.96 bits per heavy atom. The van der Waals surface area contributed by atoms with Crippen molar-refractivity contribution in [1.82, 2.24) is 20.2 Å². The lowest BCUT2D eigenvalue weighted by atomic mass is 9.88. The van der Waals surface area contributed by atoms with Crippen LogP contribution in [0.1, 0.15) is 29.2 Å². The lowest BCUT2D eigenvalue weighted by Gasteiger charge is -2.15. The molecule has 23 heavy (non-hydrogen) atoms. The fourth-order valence-corrected chi connectivity index (χ4v) is 2.71. The van der Waals surface area contributed by atoms with Crippen molar-refractivity contribution < 1.29 is 9.53 Å². The molecular formula is C16H16N4O3. The van der Waals surface area contributed by atoms with Crippen LogP contribution in [0.5, 0.6) is 0 Å². The molecule has 7 heteroatoms. The molecule has 0 unspecified atom stereocenters. The van der Waals surface area contributed by atoms with Gasteiger partial charge >= 0.3 is 5.97 Å². The van der Waals surface area contributed by atoms with E-state index < -0.39 is 5.92 Å². The Morgan fingerprint density at radius 1 is 1.22 bits per heavy atom. The molecule has 2 aromatic heterocycles. The molecule has 1 atom stereocenters. The van der Waals surface area contributed by atoms with Crippen molar-refractivity contribution in [2.24, 2.45) is 0 Å². The number of hydrogen-bond acceptors (Lipinski definition) is 5. The lowest BCUT2D eigenvalue weighted by molar-refractivity contribution is -0.140. The van der Waals surface area contributed by atoms with Gasteiger partial charge in [-0.3, -0.25) is 24.7 Å². The molecule has 2 heterocycles. The fraction of sp³-hybridized carbons (Fsp3) is 0.250. The second-order valence-corrected chi connectivity index (χ2v) is 5.26. The normalized spacial score (nSPS) is 12.3. The first-order valence-electron chi connectivity index (χ1n) is 7.14. The zero-order chi connectivity index (χ0) is 16.4. The van der Waals surface area contributed by atoms with Crippen LogP contribution < -0.4 is 5.56 Å². The quantitative estimate of drug-likeness (QED) is 0.713. The molecule has 1 aromatic carbocycles. The topological polar surface area (TPSA) is 101 Å². The number of aryl methyl sites for hydroxylation is 1. The van der Waals surface area contributed by atoms with E-state index in [1.807, 2.05) is 18.2 Å². The smallest absolute Gasteiger partial charge is 0.306 e. The van der Waals surface area contributed by atoms with Gasteiger partial charge in [-0.2, -0.15) is 0 Å². The molecule has 0 saturated heterocycles. The molecule has 3 aromatic rings. The molecule has 0 fully saturated rings. The molecule has 0 saturated carbocycles. The van der Waals surface area contributed by atoms with E-state index in [0.29, 0.717) is 16.8 Å². The minimum Gasteiger partial charge on any atom is -0.469 e. The summed E-state index contributed by atoms with van der Waals surface area (Å²) >= 11 is 0. The highest BCUT2D eigenvalue weighted by atomic mass is 16.5. The van der Waals surface area contributed by atoms with Crippen molar-refractivity contribution in [1.29, 1.82) is 0 Å². The van der Waals surface area contributed by atoms with Crippen LogP contribution in [-0.2, 0) is 9.53 Å². The number of hydrogen-bond donors (Lipinski definition) is 2. The summed E-state index contributed by atoms with van der Waals surface area (Å²) in [6.07, 6.45) is 3.30. The summed E-state index contributed by atoms with van der Waals surface area (Å²) in [4.78, 5) is 32.4. The second-order valence-electron chi connectivity index (χ2n) is 5.26. The third-order valence-corrected chi connectivity index (χ3v) is 3.85. The van der Waals surface area contributed by atoms with Crippen molar-refractivity contribution in [3.8, 4) is 0 Å². The van der Waals surface area contributed by atoms with E-state index in [2.05, 4.69) is 20.2 Å². The molecule has 0 spiro atoms. The average molecular weight is 312 g/mol. The molecule has 0 bridgehead atoms. The summed E-state index contributed by atoms with van der Waals surface area (Å²) < 4.78 is 4.78. The van der Waals surface area contributed by atoms with E-state index in [4.69, 9.17) is 4.74 Å². The van der Waals surface area contributed by atoms with E-state index in [1.54, 1.807) is 19.3 Å². The molecule has 3 rings (SSSR count). The van der Waals surface area contributed by atoms with Crippen LogP contribution in [0, 0.1) is 6.92 Å². The number of H-pyrrole nitrogens is 2. The Kier molecular flexibility index (Phi) is 3.92. The molecule has 118 valence electrons. The first-order chi connectivity index (χ1) is 11.1. The number of rotatable bonds is 4. The first kappa shape index (κ1) is 15.0. The molecular weight excluding hydrogens is 296 g/mol. The predicted octanol–water partition coefficient (Wildman–Crippen LogP) is 1.65. The van der Waals surface area contributed by atoms with Gasteiger partial charge in [0.05, 0.1) is 24.6 Å². The first-order valence-corrected chi connectivity index (χ1v) is 7.14. The molecule has 0 aliphatic heterocycles. The highest BCUT2D eigenvalue weighted by Gasteiger charge is 2.24. The predicted molar refractivity (Wildman–Crippen MR) is 84.2 cm³/mol.